The smallest absolute Gasteiger partial charge is 0.244 e. The van der Waals surface area contributed by atoms with Gasteiger partial charge in [0.15, 0.2) is 0 Å². The molecule has 0 radical (unpaired) electrons. The highest BCUT2D eigenvalue weighted by molar-refractivity contribution is 6.16. The number of para-hydroxylation sites is 2. The molecule has 2 aromatic rings. The number of aryl methyl sites for hydroxylation is 1. The summed E-state index contributed by atoms with van der Waals surface area (Å²) in [5.74, 6) is -0.441. The van der Waals surface area contributed by atoms with Gasteiger partial charge in [-0.25, -0.2) is 0 Å². The maximum absolute atomic E-state index is 13.3. The van der Waals surface area contributed by atoms with Gasteiger partial charge in [-0.15, -0.1) is 0 Å². The van der Waals surface area contributed by atoms with Gasteiger partial charge < -0.3 is 15.1 Å². The molecular weight excluding hydrogens is 388 g/mol. The quantitative estimate of drug-likeness (QED) is 0.740. The molecule has 162 valence electrons. The van der Waals surface area contributed by atoms with Crippen molar-refractivity contribution in [1.29, 1.82) is 0 Å². The van der Waals surface area contributed by atoms with Gasteiger partial charge in [-0.05, 0) is 75.9 Å². The van der Waals surface area contributed by atoms with Crippen molar-refractivity contribution in [3.05, 3.63) is 48.0 Å². The van der Waals surface area contributed by atoms with Gasteiger partial charge in [-0.3, -0.25) is 14.6 Å². The molecule has 1 aliphatic carbocycles. The van der Waals surface area contributed by atoms with Crippen LogP contribution in [0.4, 0.5) is 22.7 Å². The summed E-state index contributed by atoms with van der Waals surface area (Å²) in [6, 6.07) is 13.6. The van der Waals surface area contributed by atoms with Crippen molar-refractivity contribution in [1.82, 2.24) is 0 Å². The van der Waals surface area contributed by atoms with Crippen molar-refractivity contribution in [3.63, 3.8) is 0 Å². The predicted molar refractivity (Wildman–Crippen MR) is 127 cm³/mol. The van der Waals surface area contributed by atoms with Crippen LogP contribution in [0.25, 0.3) is 0 Å². The Morgan fingerprint density at radius 1 is 1.19 bits per heavy atom. The third-order valence-corrected chi connectivity index (χ3v) is 6.24. The van der Waals surface area contributed by atoms with Crippen LogP contribution in [-0.2, 0) is 9.59 Å². The minimum Gasteiger partial charge on any atom is -0.372 e. The summed E-state index contributed by atoms with van der Waals surface area (Å²) in [6.45, 7) is 8.10. The van der Waals surface area contributed by atoms with Gasteiger partial charge >= 0.3 is 0 Å². The second kappa shape index (κ2) is 8.92. The number of nitrogens with one attached hydrogen (secondary N) is 1. The lowest BCUT2D eigenvalue weighted by molar-refractivity contribution is -0.122. The van der Waals surface area contributed by atoms with Crippen LogP contribution >= 0.6 is 0 Å². The van der Waals surface area contributed by atoms with E-state index in [1.807, 2.05) is 43.3 Å². The number of fused-ring (bicyclic) bond motifs is 2. The molecule has 6 heteroatoms. The molecule has 0 spiro atoms. The number of anilines is 3. The lowest BCUT2D eigenvalue weighted by atomic mass is 10.1. The van der Waals surface area contributed by atoms with Crippen molar-refractivity contribution < 1.29 is 9.59 Å². The topological polar surface area (TPSA) is 65.0 Å². The molecule has 2 aromatic carbocycles. The molecule has 1 aliphatic heterocycles. The third kappa shape index (κ3) is 4.20. The van der Waals surface area contributed by atoms with Crippen LogP contribution in [0.2, 0.25) is 0 Å². The minimum absolute atomic E-state index is 0.0214. The fraction of sp³-hybridized carbons (Fsp3) is 0.400. The molecule has 0 bridgehead atoms. The van der Waals surface area contributed by atoms with Crippen molar-refractivity contribution in [3.8, 4) is 0 Å². The number of aliphatic imine (C=N–C) groups is 1. The van der Waals surface area contributed by atoms with E-state index in [1.54, 1.807) is 4.90 Å². The number of nitrogens with zero attached hydrogens (tertiary/aromatic N) is 3. The molecule has 0 saturated heterocycles. The van der Waals surface area contributed by atoms with E-state index in [-0.39, 0.29) is 24.3 Å². The Hall–Kier alpha value is -3.15. The lowest BCUT2D eigenvalue weighted by Crippen LogP contribution is -2.41. The zero-order valence-electron chi connectivity index (χ0n) is 18.5. The molecule has 6 nitrogen and oxygen atoms in total. The lowest BCUT2D eigenvalue weighted by Gasteiger charge is -2.25. The zero-order valence-corrected chi connectivity index (χ0v) is 18.5. The van der Waals surface area contributed by atoms with Gasteiger partial charge in [-0.2, -0.15) is 0 Å². The number of benzene rings is 2. The number of amides is 2. The Morgan fingerprint density at radius 2 is 1.97 bits per heavy atom. The second-order valence-corrected chi connectivity index (χ2v) is 8.18. The highest BCUT2D eigenvalue weighted by atomic mass is 16.2. The molecule has 0 unspecified atom stereocenters. The van der Waals surface area contributed by atoms with Crippen LogP contribution < -0.4 is 15.1 Å². The normalized spacial score (nSPS) is 17.5. The molecular formula is C25H30N4O2. The van der Waals surface area contributed by atoms with Crippen molar-refractivity contribution in [2.75, 3.05) is 34.8 Å². The first-order valence-electron chi connectivity index (χ1n) is 11.1. The fourth-order valence-corrected chi connectivity index (χ4v) is 4.55. The fourth-order valence-electron chi connectivity index (χ4n) is 4.55. The van der Waals surface area contributed by atoms with Gasteiger partial charge in [0.05, 0.1) is 17.3 Å². The molecule has 2 amide bonds. The maximum atomic E-state index is 13.3. The molecule has 2 aliphatic rings. The van der Waals surface area contributed by atoms with E-state index in [4.69, 9.17) is 4.99 Å². The number of carbonyl (C=O) groups is 2. The van der Waals surface area contributed by atoms with E-state index in [2.05, 4.69) is 30.1 Å². The average Bonchev–Trinajstić information content (AvgIpc) is 3.19. The molecule has 0 aromatic heterocycles. The van der Waals surface area contributed by atoms with Gasteiger partial charge in [0.2, 0.25) is 11.8 Å². The van der Waals surface area contributed by atoms with E-state index in [0.29, 0.717) is 5.69 Å². The molecule has 4 rings (SSSR count). The highest BCUT2D eigenvalue weighted by Crippen LogP contribution is 2.37. The zero-order chi connectivity index (χ0) is 22.0. The molecule has 1 heterocycles. The van der Waals surface area contributed by atoms with Crippen LogP contribution in [0.15, 0.2) is 47.5 Å². The second-order valence-electron chi connectivity index (χ2n) is 8.18. The average molecular weight is 419 g/mol. The van der Waals surface area contributed by atoms with Gasteiger partial charge in [0.1, 0.15) is 6.54 Å². The third-order valence-electron chi connectivity index (χ3n) is 6.24. The first-order chi connectivity index (χ1) is 15.0. The summed E-state index contributed by atoms with van der Waals surface area (Å²) in [6.07, 6.45) is 2.62. The van der Waals surface area contributed by atoms with Crippen molar-refractivity contribution >= 4 is 40.3 Å². The number of rotatable bonds is 6. The van der Waals surface area contributed by atoms with Crippen molar-refractivity contribution in [2.24, 2.45) is 10.9 Å². The van der Waals surface area contributed by atoms with Crippen LogP contribution in [0.1, 0.15) is 38.7 Å². The Bertz CT molecular complexity index is 1030. The molecule has 1 fully saturated rings. The van der Waals surface area contributed by atoms with Gasteiger partial charge in [-0.1, -0.05) is 12.1 Å². The molecule has 1 N–H and O–H groups in total. The largest absolute Gasteiger partial charge is 0.372 e. The predicted octanol–water partition coefficient (Wildman–Crippen LogP) is 4.70. The minimum atomic E-state index is -0.213. The van der Waals surface area contributed by atoms with Crippen LogP contribution in [0.3, 0.4) is 0 Å². The van der Waals surface area contributed by atoms with Gasteiger partial charge in [0.25, 0.3) is 0 Å². The Labute approximate surface area is 184 Å². The maximum Gasteiger partial charge on any atom is 0.244 e. The van der Waals surface area contributed by atoms with Crippen molar-refractivity contribution in [2.45, 2.75) is 40.0 Å². The summed E-state index contributed by atoms with van der Waals surface area (Å²) >= 11 is 0. The van der Waals surface area contributed by atoms with Crippen LogP contribution in [-0.4, -0.2) is 37.2 Å². The molecule has 31 heavy (non-hydrogen) atoms. The van der Waals surface area contributed by atoms with Gasteiger partial charge in [0, 0.05) is 30.2 Å². The summed E-state index contributed by atoms with van der Waals surface area (Å²) in [7, 11) is 0. The number of hydrogen-bond acceptors (Lipinski definition) is 4. The SMILES string of the molecule is CCN(CC)c1ccc(NC(=O)CN2C(=O)[C@@H]3CCCC3=Nc3ccccc32)c(C)c1. The van der Waals surface area contributed by atoms with Crippen LogP contribution in [0.5, 0.6) is 0 Å². The Balaban J connectivity index is 1.54. The van der Waals surface area contributed by atoms with E-state index >= 15 is 0 Å². The standard InChI is InChI=1S/C25H30N4O2/c1-4-28(5-2)18-13-14-20(17(3)15-18)27-24(30)16-29-23-12-7-6-10-22(23)26-21-11-8-9-19(21)25(29)31/h6-7,10,12-15,19H,4-5,8-9,11,16H2,1-3H3,(H,27,30)/t19-/m1/s1. The van der Waals surface area contributed by atoms with Crippen LogP contribution in [0, 0.1) is 12.8 Å². The Morgan fingerprint density at radius 3 is 2.71 bits per heavy atom. The van der Waals surface area contributed by atoms with E-state index < -0.39 is 0 Å². The van der Waals surface area contributed by atoms with E-state index in [1.165, 1.54) is 0 Å². The summed E-state index contributed by atoms with van der Waals surface area (Å²) in [4.78, 5) is 34.9. The first kappa shape index (κ1) is 21.1. The molecule has 1 saturated carbocycles. The Kier molecular flexibility index (Phi) is 6.07. The number of hydrogen-bond donors (Lipinski definition) is 1. The first-order valence-corrected chi connectivity index (χ1v) is 11.1. The summed E-state index contributed by atoms with van der Waals surface area (Å²) in [5.41, 5.74) is 5.34. The van der Waals surface area contributed by atoms with E-state index in [0.717, 1.165) is 60.7 Å². The number of carbonyl (C=O) groups excluding carboxylic acids is 2. The molecule has 1 atom stereocenters. The van der Waals surface area contributed by atoms with E-state index in [9.17, 15) is 9.59 Å². The summed E-state index contributed by atoms with van der Waals surface area (Å²) < 4.78 is 0. The highest BCUT2D eigenvalue weighted by Gasteiger charge is 2.37. The monoisotopic (exact) mass is 418 g/mol. The summed E-state index contributed by atoms with van der Waals surface area (Å²) in [5, 5.41) is 3.00.